The number of rotatable bonds is 5. The van der Waals surface area contributed by atoms with Crippen LogP contribution in [0.15, 0.2) is 0 Å². The van der Waals surface area contributed by atoms with E-state index in [1.165, 1.54) is 12.8 Å². The highest BCUT2D eigenvalue weighted by Crippen LogP contribution is 2.15. The van der Waals surface area contributed by atoms with Gasteiger partial charge in [0.2, 0.25) is 0 Å². The van der Waals surface area contributed by atoms with Crippen LogP contribution < -0.4 is 5.73 Å². The topological polar surface area (TPSA) is 55.6 Å². The summed E-state index contributed by atoms with van der Waals surface area (Å²) in [6.07, 6.45) is 2.85. The Morgan fingerprint density at radius 1 is 1.47 bits per heavy atom. The fraction of sp³-hybridized carbons (Fsp3) is 0.909. The number of hydrogen-bond acceptors (Lipinski definition) is 4. The van der Waals surface area contributed by atoms with E-state index in [0.29, 0.717) is 18.9 Å². The molecule has 0 aromatic rings. The molecule has 1 aliphatic heterocycles. The zero-order valence-electron chi connectivity index (χ0n) is 9.58. The molecule has 1 rings (SSSR count). The lowest BCUT2D eigenvalue weighted by molar-refractivity contribution is -0.143. The molecule has 0 spiro atoms. The Kier molecular flexibility index (Phi) is 5.65. The molecule has 0 unspecified atom stereocenters. The summed E-state index contributed by atoms with van der Waals surface area (Å²) < 4.78 is 4.89. The van der Waals surface area contributed by atoms with Gasteiger partial charge in [0, 0.05) is 6.54 Å². The molecule has 2 N–H and O–H groups in total. The second-order valence-electron chi connectivity index (χ2n) is 4.08. The average molecular weight is 214 g/mol. The van der Waals surface area contributed by atoms with E-state index in [-0.39, 0.29) is 5.97 Å². The van der Waals surface area contributed by atoms with Crippen LogP contribution in [0.5, 0.6) is 0 Å². The zero-order valence-corrected chi connectivity index (χ0v) is 9.58. The first-order valence-corrected chi connectivity index (χ1v) is 5.84. The molecule has 0 bridgehead atoms. The van der Waals surface area contributed by atoms with Crippen LogP contribution in [-0.2, 0) is 9.53 Å². The van der Waals surface area contributed by atoms with Crippen LogP contribution in [0.25, 0.3) is 0 Å². The summed E-state index contributed by atoms with van der Waals surface area (Å²) in [6.45, 7) is 6.09. The first-order chi connectivity index (χ1) is 7.26. The molecule has 4 nitrogen and oxygen atoms in total. The van der Waals surface area contributed by atoms with Gasteiger partial charge in [-0.1, -0.05) is 0 Å². The number of esters is 1. The standard InChI is InChI=1S/C11H22N2O2/c1-2-15-11(14)5-8-13-6-3-10(9-12)4-7-13/h10H,2-9,12H2,1H3. The van der Waals surface area contributed by atoms with Gasteiger partial charge >= 0.3 is 5.97 Å². The average Bonchev–Trinajstić information content (AvgIpc) is 2.27. The molecule has 0 aromatic carbocycles. The van der Waals surface area contributed by atoms with Crippen molar-refractivity contribution in [3.63, 3.8) is 0 Å². The second kappa shape index (κ2) is 6.80. The molecule has 1 heterocycles. The number of nitrogens with two attached hydrogens (primary N) is 1. The lowest BCUT2D eigenvalue weighted by atomic mass is 9.97. The molecule has 0 atom stereocenters. The summed E-state index contributed by atoms with van der Waals surface area (Å²) in [5, 5.41) is 0. The Balaban J connectivity index is 2.10. The van der Waals surface area contributed by atoms with Gasteiger partial charge in [0.25, 0.3) is 0 Å². The van der Waals surface area contributed by atoms with Gasteiger partial charge in [-0.3, -0.25) is 4.79 Å². The summed E-state index contributed by atoms with van der Waals surface area (Å²) in [7, 11) is 0. The van der Waals surface area contributed by atoms with Crippen molar-refractivity contribution in [2.24, 2.45) is 11.7 Å². The van der Waals surface area contributed by atoms with Crippen molar-refractivity contribution in [3.8, 4) is 0 Å². The maximum atomic E-state index is 11.1. The number of piperidine rings is 1. The highest BCUT2D eigenvalue weighted by atomic mass is 16.5. The third-order valence-electron chi connectivity index (χ3n) is 2.98. The van der Waals surface area contributed by atoms with Crippen molar-refractivity contribution in [2.45, 2.75) is 26.2 Å². The number of hydrogen-bond donors (Lipinski definition) is 1. The molecule has 1 fully saturated rings. The summed E-state index contributed by atoms with van der Waals surface area (Å²) in [5.74, 6) is 0.599. The molecule has 88 valence electrons. The fourth-order valence-corrected chi connectivity index (χ4v) is 1.93. The predicted octanol–water partition coefficient (Wildman–Crippen LogP) is 0.610. The Morgan fingerprint density at radius 3 is 2.67 bits per heavy atom. The van der Waals surface area contributed by atoms with Crippen LogP contribution >= 0.6 is 0 Å². The van der Waals surface area contributed by atoms with Crippen LogP contribution in [-0.4, -0.2) is 43.7 Å². The molecular weight excluding hydrogens is 192 g/mol. The van der Waals surface area contributed by atoms with Gasteiger partial charge in [0.05, 0.1) is 13.0 Å². The van der Waals surface area contributed by atoms with Gasteiger partial charge in [-0.05, 0) is 45.3 Å². The largest absolute Gasteiger partial charge is 0.466 e. The van der Waals surface area contributed by atoms with E-state index >= 15 is 0 Å². The minimum absolute atomic E-state index is 0.0848. The van der Waals surface area contributed by atoms with Crippen molar-refractivity contribution in [1.82, 2.24) is 4.90 Å². The summed E-state index contributed by atoms with van der Waals surface area (Å²) >= 11 is 0. The molecule has 0 aliphatic carbocycles. The third kappa shape index (κ3) is 4.62. The summed E-state index contributed by atoms with van der Waals surface area (Å²) in [5.41, 5.74) is 5.62. The number of ether oxygens (including phenoxy) is 1. The zero-order chi connectivity index (χ0) is 11.1. The SMILES string of the molecule is CCOC(=O)CCN1CCC(CN)CC1. The quantitative estimate of drug-likeness (QED) is 0.681. The fourth-order valence-electron chi connectivity index (χ4n) is 1.93. The molecule has 0 aromatic heterocycles. The molecule has 0 saturated carbocycles. The van der Waals surface area contributed by atoms with Gasteiger partial charge in [0.15, 0.2) is 0 Å². The minimum atomic E-state index is -0.0848. The van der Waals surface area contributed by atoms with Gasteiger partial charge in [0.1, 0.15) is 0 Å². The number of carbonyl (C=O) groups excluding carboxylic acids is 1. The van der Waals surface area contributed by atoms with Crippen molar-refractivity contribution in [3.05, 3.63) is 0 Å². The lowest BCUT2D eigenvalue weighted by Crippen LogP contribution is -2.37. The first kappa shape index (κ1) is 12.5. The molecule has 0 amide bonds. The maximum Gasteiger partial charge on any atom is 0.307 e. The monoisotopic (exact) mass is 214 g/mol. The van der Waals surface area contributed by atoms with Crippen LogP contribution in [0.3, 0.4) is 0 Å². The molecule has 0 radical (unpaired) electrons. The Labute approximate surface area is 91.8 Å². The first-order valence-electron chi connectivity index (χ1n) is 5.84. The lowest BCUT2D eigenvalue weighted by Gasteiger charge is -2.30. The smallest absolute Gasteiger partial charge is 0.307 e. The van der Waals surface area contributed by atoms with Crippen molar-refractivity contribution >= 4 is 5.97 Å². The van der Waals surface area contributed by atoms with Crippen molar-refractivity contribution in [2.75, 3.05) is 32.8 Å². The minimum Gasteiger partial charge on any atom is -0.466 e. The predicted molar refractivity (Wildman–Crippen MR) is 59.5 cm³/mol. The molecule has 4 heteroatoms. The molecule has 1 saturated heterocycles. The number of carbonyl (C=O) groups is 1. The molecule has 15 heavy (non-hydrogen) atoms. The van der Waals surface area contributed by atoms with Gasteiger partial charge in [-0.15, -0.1) is 0 Å². The normalized spacial score (nSPS) is 19.1. The third-order valence-corrected chi connectivity index (χ3v) is 2.98. The van der Waals surface area contributed by atoms with E-state index < -0.39 is 0 Å². The summed E-state index contributed by atoms with van der Waals surface area (Å²) in [6, 6.07) is 0. The van der Waals surface area contributed by atoms with Crippen LogP contribution in [0.2, 0.25) is 0 Å². The van der Waals surface area contributed by atoms with Gasteiger partial charge < -0.3 is 15.4 Å². The second-order valence-corrected chi connectivity index (χ2v) is 4.08. The summed E-state index contributed by atoms with van der Waals surface area (Å²) in [4.78, 5) is 13.5. The molecular formula is C11H22N2O2. The Hall–Kier alpha value is -0.610. The van der Waals surface area contributed by atoms with E-state index in [0.717, 1.165) is 26.2 Å². The van der Waals surface area contributed by atoms with E-state index in [9.17, 15) is 4.79 Å². The van der Waals surface area contributed by atoms with E-state index in [1.54, 1.807) is 0 Å². The number of likely N-dealkylation sites (tertiary alicyclic amines) is 1. The maximum absolute atomic E-state index is 11.1. The Bertz CT molecular complexity index is 189. The van der Waals surface area contributed by atoms with Gasteiger partial charge in [-0.25, -0.2) is 0 Å². The van der Waals surface area contributed by atoms with E-state index in [1.807, 2.05) is 6.92 Å². The number of nitrogens with zero attached hydrogens (tertiary/aromatic N) is 1. The van der Waals surface area contributed by atoms with Crippen molar-refractivity contribution in [1.29, 1.82) is 0 Å². The highest BCUT2D eigenvalue weighted by molar-refractivity contribution is 5.69. The van der Waals surface area contributed by atoms with Crippen molar-refractivity contribution < 1.29 is 9.53 Å². The molecule has 1 aliphatic rings. The van der Waals surface area contributed by atoms with Gasteiger partial charge in [-0.2, -0.15) is 0 Å². The van der Waals surface area contributed by atoms with Crippen LogP contribution in [0, 0.1) is 5.92 Å². The van der Waals surface area contributed by atoms with E-state index in [4.69, 9.17) is 10.5 Å². The van der Waals surface area contributed by atoms with Crippen LogP contribution in [0.1, 0.15) is 26.2 Å². The highest BCUT2D eigenvalue weighted by Gasteiger charge is 2.18. The Morgan fingerprint density at radius 2 is 2.13 bits per heavy atom. The van der Waals surface area contributed by atoms with E-state index in [2.05, 4.69) is 4.90 Å². The van der Waals surface area contributed by atoms with Crippen LogP contribution in [0.4, 0.5) is 0 Å².